The summed E-state index contributed by atoms with van der Waals surface area (Å²) in [6.45, 7) is 1.26. The first-order chi connectivity index (χ1) is 8.52. The average Bonchev–Trinajstić information content (AvgIpc) is 2.34. The molecule has 2 rings (SSSR count). The second-order valence-corrected chi connectivity index (χ2v) is 4.11. The fourth-order valence-electron chi connectivity index (χ4n) is 1.87. The van der Waals surface area contributed by atoms with Gasteiger partial charge in [-0.1, -0.05) is 6.07 Å². The molecule has 3 N–H and O–H groups in total. The van der Waals surface area contributed by atoms with E-state index in [0.29, 0.717) is 17.0 Å². The van der Waals surface area contributed by atoms with E-state index < -0.39 is 12.0 Å². The Morgan fingerprint density at radius 3 is 2.89 bits per heavy atom. The summed E-state index contributed by atoms with van der Waals surface area (Å²) in [6, 6.07) is 4.98. The third-order valence-corrected chi connectivity index (χ3v) is 2.73. The van der Waals surface area contributed by atoms with Crippen LogP contribution in [0.5, 0.6) is 5.75 Å². The summed E-state index contributed by atoms with van der Waals surface area (Å²) < 4.78 is 5.43. The fourth-order valence-corrected chi connectivity index (χ4v) is 1.87. The molecule has 0 bridgehead atoms. The lowest BCUT2D eigenvalue weighted by atomic mass is 10.1. The number of aliphatic hydroxyl groups excluding tert-OH is 1. The molecule has 2 amide bonds. The minimum Gasteiger partial charge on any atom is -0.479 e. The molecule has 1 aliphatic heterocycles. The number of aliphatic hydroxyl groups is 1. The van der Waals surface area contributed by atoms with E-state index in [-0.39, 0.29) is 19.1 Å². The topological polar surface area (TPSA) is 92.9 Å². The van der Waals surface area contributed by atoms with Gasteiger partial charge < -0.3 is 15.6 Å². The molecule has 1 aromatic carbocycles. The molecule has 1 heterocycles. The standard InChI is InChI=1S/C12H14N2O4/c1-7-12(17)14(5-11(13)16)9-4-8(6-15)2-3-10(9)18-7/h2-4,7,15H,5-6H2,1H3,(H2,13,16). The number of anilines is 1. The second kappa shape index (κ2) is 4.66. The Balaban J connectivity index is 2.45. The summed E-state index contributed by atoms with van der Waals surface area (Å²) in [6.07, 6.45) is -0.656. The second-order valence-electron chi connectivity index (χ2n) is 4.11. The number of carbonyl (C=O) groups excluding carboxylic acids is 2. The smallest absolute Gasteiger partial charge is 0.268 e. The van der Waals surface area contributed by atoms with Gasteiger partial charge in [0.2, 0.25) is 5.91 Å². The summed E-state index contributed by atoms with van der Waals surface area (Å²) in [5.74, 6) is -0.422. The summed E-state index contributed by atoms with van der Waals surface area (Å²) in [4.78, 5) is 24.3. The maximum atomic E-state index is 12.0. The molecule has 18 heavy (non-hydrogen) atoms. The van der Waals surface area contributed by atoms with E-state index >= 15 is 0 Å². The maximum Gasteiger partial charge on any atom is 0.268 e. The molecule has 6 nitrogen and oxygen atoms in total. The van der Waals surface area contributed by atoms with Crippen molar-refractivity contribution in [2.75, 3.05) is 11.4 Å². The number of ether oxygens (including phenoxy) is 1. The molecule has 1 unspecified atom stereocenters. The largest absolute Gasteiger partial charge is 0.479 e. The van der Waals surface area contributed by atoms with Crippen LogP contribution in [0.15, 0.2) is 18.2 Å². The van der Waals surface area contributed by atoms with Crippen LogP contribution in [-0.4, -0.2) is 29.6 Å². The summed E-state index contributed by atoms with van der Waals surface area (Å²) >= 11 is 0. The number of primary amides is 1. The third kappa shape index (κ3) is 2.14. The van der Waals surface area contributed by atoms with E-state index in [2.05, 4.69) is 0 Å². The molecule has 1 aliphatic rings. The third-order valence-electron chi connectivity index (χ3n) is 2.73. The van der Waals surface area contributed by atoms with Crippen molar-refractivity contribution in [2.45, 2.75) is 19.6 Å². The van der Waals surface area contributed by atoms with Crippen LogP contribution < -0.4 is 15.4 Å². The van der Waals surface area contributed by atoms with E-state index in [0.717, 1.165) is 0 Å². The first-order valence-electron chi connectivity index (χ1n) is 5.53. The number of fused-ring (bicyclic) bond motifs is 1. The lowest BCUT2D eigenvalue weighted by Gasteiger charge is -2.32. The molecule has 0 aromatic heterocycles. The number of carbonyl (C=O) groups is 2. The molecule has 0 aliphatic carbocycles. The van der Waals surface area contributed by atoms with E-state index in [1.165, 1.54) is 4.90 Å². The molecule has 1 aromatic rings. The zero-order valence-corrected chi connectivity index (χ0v) is 9.92. The quantitative estimate of drug-likeness (QED) is 0.775. The molecule has 0 fully saturated rings. The van der Waals surface area contributed by atoms with Gasteiger partial charge in [0.25, 0.3) is 5.91 Å². The van der Waals surface area contributed by atoms with Crippen LogP contribution in [0.1, 0.15) is 12.5 Å². The average molecular weight is 250 g/mol. The van der Waals surface area contributed by atoms with Crippen molar-refractivity contribution in [1.29, 1.82) is 0 Å². The predicted octanol–water partition coefficient (Wildman–Crippen LogP) is -0.222. The lowest BCUT2D eigenvalue weighted by Crippen LogP contribution is -2.48. The Hall–Kier alpha value is -2.08. The number of hydrogen-bond donors (Lipinski definition) is 2. The summed E-state index contributed by atoms with van der Waals surface area (Å²) in [7, 11) is 0. The van der Waals surface area contributed by atoms with Crippen LogP contribution in [0, 0.1) is 0 Å². The maximum absolute atomic E-state index is 12.0. The van der Waals surface area contributed by atoms with Gasteiger partial charge in [-0.2, -0.15) is 0 Å². The summed E-state index contributed by atoms with van der Waals surface area (Å²) in [5.41, 5.74) is 6.23. The molecule has 0 spiro atoms. The predicted molar refractivity (Wildman–Crippen MR) is 64.0 cm³/mol. The number of nitrogens with two attached hydrogens (primary N) is 1. The highest BCUT2D eigenvalue weighted by molar-refractivity contribution is 6.03. The van der Waals surface area contributed by atoms with Crippen LogP contribution in [0.4, 0.5) is 5.69 Å². The van der Waals surface area contributed by atoms with Crippen molar-refractivity contribution in [3.05, 3.63) is 23.8 Å². The minimum atomic E-state index is -0.656. The van der Waals surface area contributed by atoms with Crippen LogP contribution >= 0.6 is 0 Å². The van der Waals surface area contributed by atoms with Gasteiger partial charge >= 0.3 is 0 Å². The van der Waals surface area contributed by atoms with Crippen molar-refractivity contribution in [2.24, 2.45) is 5.73 Å². The van der Waals surface area contributed by atoms with E-state index in [1.807, 2.05) is 0 Å². The van der Waals surface area contributed by atoms with Crippen LogP contribution in [0.2, 0.25) is 0 Å². The molecule has 0 saturated heterocycles. The Kier molecular flexibility index (Phi) is 3.20. The number of amides is 2. The van der Waals surface area contributed by atoms with E-state index in [9.17, 15) is 9.59 Å². The lowest BCUT2D eigenvalue weighted by molar-refractivity contribution is -0.127. The normalized spacial score (nSPS) is 18.2. The van der Waals surface area contributed by atoms with Crippen LogP contribution in [-0.2, 0) is 16.2 Å². The Bertz CT molecular complexity index is 501. The molecule has 96 valence electrons. The van der Waals surface area contributed by atoms with Gasteiger partial charge in [-0.3, -0.25) is 14.5 Å². The first kappa shape index (κ1) is 12.4. The van der Waals surface area contributed by atoms with E-state index in [4.69, 9.17) is 15.6 Å². The van der Waals surface area contributed by atoms with Gasteiger partial charge in [0, 0.05) is 0 Å². The Labute approximate surface area is 104 Å². The number of nitrogens with zero attached hydrogens (tertiary/aromatic N) is 1. The van der Waals surface area contributed by atoms with Gasteiger partial charge in [0.05, 0.1) is 12.3 Å². The van der Waals surface area contributed by atoms with Gasteiger partial charge in [0.1, 0.15) is 12.3 Å². The van der Waals surface area contributed by atoms with Gasteiger partial charge in [-0.15, -0.1) is 0 Å². The summed E-state index contributed by atoms with van der Waals surface area (Å²) in [5, 5.41) is 9.09. The van der Waals surface area contributed by atoms with Crippen LogP contribution in [0.3, 0.4) is 0 Å². The highest BCUT2D eigenvalue weighted by Gasteiger charge is 2.32. The zero-order chi connectivity index (χ0) is 13.3. The Morgan fingerprint density at radius 1 is 1.56 bits per heavy atom. The van der Waals surface area contributed by atoms with Crippen molar-refractivity contribution in [1.82, 2.24) is 0 Å². The van der Waals surface area contributed by atoms with E-state index in [1.54, 1.807) is 25.1 Å². The minimum absolute atomic E-state index is 0.151. The molecule has 0 radical (unpaired) electrons. The monoisotopic (exact) mass is 250 g/mol. The van der Waals surface area contributed by atoms with Gasteiger partial charge in [0.15, 0.2) is 6.10 Å². The number of hydrogen-bond acceptors (Lipinski definition) is 4. The molecule has 1 atom stereocenters. The van der Waals surface area contributed by atoms with Gasteiger partial charge in [-0.05, 0) is 24.6 Å². The number of benzene rings is 1. The SMILES string of the molecule is CC1Oc2ccc(CO)cc2N(CC(N)=O)C1=O. The van der Waals surface area contributed by atoms with Crippen LogP contribution in [0.25, 0.3) is 0 Å². The Morgan fingerprint density at radius 2 is 2.28 bits per heavy atom. The van der Waals surface area contributed by atoms with Crippen molar-refractivity contribution in [3.63, 3.8) is 0 Å². The highest BCUT2D eigenvalue weighted by atomic mass is 16.5. The van der Waals surface area contributed by atoms with Crippen molar-refractivity contribution < 1.29 is 19.4 Å². The molecule has 0 saturated carbocycles. The van der Waals surface area contributed by atoms with Crippen molar-refractivity contribution in [3.8, 4) is 5.75 Å². The van der Waals surface area contributed by atoms with Crippen molar-refractivity contribution >= 4 is 17.5 Å². The molecule has 6 heteroatoms. The first-order valence-corrected chi connectivity index (χ1v) is 5.53. The molecular formula is C12H14N2O4. The highest BCUT2D eigenvalue weighted by Crippen LogP contribution is 2.34. The molecular weight excluding hydrogens is 236 g/mol. The zero-order valence-electron chi connectivity index (χ0n) is 9.92. The number of rotatable bonds is 3. The van der Waals surface area contributed by atoms with Gasteiger partial charge in [-0.25, -0.2) is 0 Å². The fraction of sp³-hybridized carbons (Fsp3) is 0.333.